The number of hydrogen-bond acceptors (Lipinski definition) is 3. The third-order valence-electron chi connectivity index (χ3n) is 1.27. The number of aliphatic carboxylic acids is 1. The van der Waals surface area contributed by atoms with Crippen molar-refractivity contribution in [2.24, 2.45) is 0 Å². The Morgan fingerprint density at radius 2 is 1.85 bits per heavy atom. The van der Waals surface area contributed by atoms with Crippen molar-refractivity contribution in [2.75, 3.05) is 7.05 Å². The summed E-state index contributed by atoms with van der Waals surface area (Å²) in [6, 6.07) is -0.583. The molecular weight excluding hydrogens is 176 g/mol. The Morgan fingerprint density at radius 1 is 1.23 bits per heavy atom. The number of carboxylic acids is 1. The number of urea groups is 1. The second kappa shape index (κ2) is 5.99. The average Bonchev–Trinajstić information content (AvgIpc) is 2.03. The van der Waals surface area contributed by atoms with E-state index in [1.54, 1.807) is 0 Å². The summed E-state index contributed by atoms with van der Waals surface area (Å²) in [5, 5.41) is 12.5. The Bertz CT molecular complexity index is 215. The lowest BCUT2D eigenvalue weighted by Crippen LogP contribution is -2.37. The van der Waals surface area contributed by atoms with Crippen LogP contribution in [0.2, 0.25) is 0 Å². The first-order valence-corrected chi connectivity index (χ1v) is 3.79. The number of amides is 3. The van der Waals surface area contributed by atoms with Gasteiger partial charge in [0.25, 0.3) is 0 Å². The summed E-state index contributed by atoms with van der Waals surface area (Å²) in [5.74, 6) is -1.42. The molecule has 0 saturated carbocycles. The summed E-state index contributed by atoms with van der Waals surface area (Å²) < 4.78 is 0. The van der Waals surface area contributed by atoms with E-state index in [0.29, 0.717) is 0 Å². The normalized spacial score (nSPS) is 9.00. The van der Waals surface area contributed by atoms with Crippen molar-refractivity contribution in [3.8, 4) is 0 Å². The third-order valence-corrected chi connectivity index (χ3v) is 1.27. The van der Waals surface area contributed by atoms with E-state index in [4.69, 9.17) is 5.11 Å². The zero-order valence-electron chi connectivity index (χ0n) is 7.29. The number of imide groups is 1. The first-order valence-electron chi connectivity index (χ1n) is 3.79. The molecule has 6 heteroatoms. The third kappa shape index (κ3) is 6.79. The molecule has 0 saturated heterocycles. The van der Waals surface area contributed by atoms with Crippen LogP contribution in [0, 0.1) is 0 Å². The first-order chi connectivity index (χ1) is 6.06. The van der Waals surface area contributed by atoms with Crippen molar-refractivity contribution >= 4 is 17.9 Å². The highest BCUT2D eigenvalue weighted by atomic mass is 16.4. The second-order valence-electron chi connectivity index (χ2n) is 2.37. The second-order valence-corrected chi connectivity index (χ2v) is 2.37. The van der Waals surface area contributed by atoms with Crippen LogP contribution in [0.4, 0.5) is 4.79 Å². The summed E-state index contributed by atoms with van der Waals surface area (Å²) >= 11 is 0. The lowest BCUT2D eigenvalue weighted by molar-refractivity contribution is -0.137. The van der Waals surface area contributed by atoms with Crippen molar-refractivity contribution in [3.05, 3.63) is 0 Å². The van der Waals surface area contributed by atoms with Gasteiger partial charge in [-0.1, -0.05) is 0 Å². The van der Waals surface area contributed by atoms with Gasteiger partial charge in [0.05, 0.1) is 0 Å². The van der Waals surface area contributed by atoms with Crippen LogP contribution in [0.5, 0.6) is 0 Å². The van der Waals surface area contributed by atoms with Gasteiger partial charge in [-0.05, 0) is 6.42 Å². The Labute approximate surface area is 75.3 Å². The van der Waals surface area contributed by atoms with Crippen LogP contribution in [0.1, 0.15) is 19.3 Å². The highest BCUT2D eigenvalue weighted by Gasteiger charge is 2.06. The predicted molar refractivity (Wildman–Crippen MR) is 44.1 cm³/mol. The molecule has 74 valence electrons. The van der Waals surface area contributed by atoms with E-state index < -0.39 is 17.9 Å². The van der Waals surface area contributed by atoms with Crippen molar-refractivity contribution in [1.29, 1.82) is 0 Å². The van der Waals surface area contributed by atoms with E-state index in [1.165, 1.54) is 7.05 Å². The molecule has 0 rings (SSSR count). The van der Waals surface area contributed by atoms with E-state index in [1.807, 2.05) is 5.32 Å². The smallest absolute Gasteiger partial charge is 0.321 e. The predicted octanol–water partition coefficient (Wildman–Crippen LogP) is -0.303. The molecule has 0 aliphatic rings. The molecule has 3 N–H and O–H groups in total. The number of carbonyl (C=O) groups excluding carboxylic acids is 2. The SMILES string of the molecule is CNC(=O)NC(=O)CCCC(=O)O. The van der Waals surface area contributed by atoms with E-state index in [-0.39, 0.29) is 19.3 Å². The molecule has 0 radical (unpaired) electrons. The molecule has 0 spiro atoms. The molecule has 0 atom stereocenters. The van der Waals surface area contributed by atoms with Crippen molar-refractivity contribution in [1.82, 2.24) is 10.6 Å². The largest absolute Gasteiger partial charge is 0.481 e. The number of carboxylic acid groups (broad SMARTS) is 1. The summed E-state index contributed by atoms with van der Waals surface area (Å²) in [5.41, 5.74) is 0. The highest BCUT2D eigenvalue weighted by molar-refractivity contribution is 5.94. The Morgan fingerprint density at radius 3 is 2.31 bits per heavy atom. The van der Waals surface area contributed by atoms with Crippen LogP contribution >= 0.6 is 0 Å². The molecular formula is C7H12N2O4. The molecule has 0 aliphatic carbocycles. The molecule has 6 nitrogen and oxygen atoms in total. The Hall–Kier alpha value is -1.59. The molecule has 0 bridgehead atoms. The van der Waals surface area contributed by atoms with E-state index in [0.717, 1.165) is 0 Å². The van der Waals surface area contributed by atoms with Gasteiger partial charge in [-0.3, -0.25) is 14.9 Å². The minimum atomic E-state index is -0.951. The molecule has 0 heterocycles. The van der Waals surface area contributed by atoms with Crippen LogP contribution in [0.25, 0.3) is 0 Å². The molecule has 13 heavy (non-hydrogen) atoms. The monoisotopic (exact) mass is 188 g/mol. The number of hydrogen-bond donors (Lipinski definition) is 3. The van der Waals surface area contributed by atoms with Crippen LogP contribution in [-0.4, -0.2) is 30.1 Å². The quantitative estimate of drug-likeness (QED) is 0.564. The lowest BCUT2D eigenvalue weighted by Gasteiger charge is -2.01. The van der Waals surface area contributed by atoms with Crippen molar-refractivity contribution < 1.29 is 19.5 Å². The fourth-order valence-electron chi connectivity index (χ4n) is 0.652. The van der Waals surface area contributed by atoms with Gasteiger partial charge < -0.3 is 10.4 Å². The van der Waals surface area contributed by atoms with Gasteiger partial charge in [0.2, 0.25) is 5.91 Å². The standard InChI is InChI=1S/C7H12N2O4/c1-8-7(13)9-5(10)3-2-4-6(11)12/h2-4H2,1H3,(H,11,12)(H2,8,9,10,13). The maximum atomic E-state index is 10.8. The van der Waals surface area contributed by atoms with Gasteiger partial charge in [-0.15, -0.1) is 0 Å². The van der Waals surface area contributed by atoms with Gasteiger partial charge in [0.1, 0.15) is 0 Å². The maximum absolute atomic E-state index is 10.8. The zero-order valence-corrected chi connectivity index (χ0v) is 7.29. The number of carbonyl (C=O) groups is 3. The molecule has 0 fully saturated rings. The minimum absolute atomic E-state index is 0.0414. The first kappa shape index (κ1) is 11.4. The van der Waals surface area contributed by atoms with E-state index in [2.05, 4.69) is 5.32 Å². The van der Waals surface area contributed by atoms with Crippen LogP contribution in [-0.2, 0) is 9.59 Å². The van der Waals surface area contributed by atoms with Crippen LogP contribution < -0.4 is 10.6 Å². The number of rotatable bonds is 4. The Balaban J connectivity index is 3.52. The Kier molecular flexibility index (Phi) is 5.25. The van der Waals surface area contributed by atoms with Gasteiger partial charge in [0.15, 0.2) is 0 Å². The highest BCUT2D eigenvalue weighted by Crippen LogP contribution is 1.94. The van der Waals surface area contributed by atoms with Crippen molar-refractivity contribution in [3.63, 3.8) is 0 Å². The topological polar surface area (TPSA) is 95.5 Å². The summed E-state index contributed by atoms with van der Waals surface area (Å²) in [6.07, 6.45) is 0.207. The molecule has 0 unspecified atom stereocenters. The molecule has 0 aromatic carbocycles. The van der Waals surface area contributed by atoms with E-state index >= 15 is 0 Å². The molecule has 0 aliphatic heterocycles. The van der Waals surface area contributed by atoms with Crippen molar-refractivity contribution in [2.45, 2.75) is 19.3 Å². The fourth-order valence-corrected chi connectivity index (χ4v) is 0.652. The van der Waals surface area contributed by atoms with Gasteiger partial charge in [-0.25, -0.2) is 4.79 Å². The molecule has 0 aromatic heterocycles. The summed E-state index contributed by atoms with van der Waals surface area (Å²) in [7, 11) is 1.39. The minimum Gasteiger partial charge on any atom is -0.481 e. The molecule has 0 aromatic rings. The van der Waals surface area contributed by atoms with Gasteiger partial charge >= 0.3 is 12.0 Å². The number of nitrogens with one attached hydrogen (secondary N) is 2. The van der Waals surface area contributed by atoms with Gasteiger partial charge in [-0.2, -0.15) is 0 Å². The summed E-state index contributed by atoms with van der Waals surface area (Å²) in [4.78, 5) is 31.4. The van der Waals surface area contributed by atoms with Crippen LogP contribution in [0.15, 0.2) is 0 Å². The fraction of sp³-hybridized carbons (Fsp3) is 0.571. The van der Waals surface area contributed by atoms with E-state index in [9.17, 15) is 14.4 Å². The average molecular weight is 188 g/mol. The molecule has 3 amide bonds. The maximum Gasteiger partial charge on any atom is 0.321 e. The lowest BCUT2D eigenvalue weighted by atomic mass is 10.2. The van der Waals surface area contributed by atoms with Gasteiger partial charge in [0, 0.05) is 19.9 Å². The van der Waals surface area contributed by atoms with Crippen LogP contribution in [0.3, 0.4) is 0 Å². The summed E-state index contributed by atoms with van der Waals surface area (Å²) in [6.45, 7) is 0. The zero-order chi connectivity index (χ0) is 10.3.